The molecule has 2 rings (SSSR count). The second kappa shape index (κ2) is 6.07. The summed E-state index contributed by atoms with van der Waals surface area (Å²) in [4.78, 5) is 13.2. The molecule has 0 aliphatic carbocycles. The van der Waals surface area contributed by atoms with Gasteiger partial charge in [-0.05, 0) is 43.8 Å². The van der Waals surface area contributed by atoms with Crippen LogP contribution in [0.2, 0.25) is 0 Å². The van der Waals surface area contributed by atoms with Crippen LogP contribution in [0, 0.1) is 0 Å². The molecule has 0 bridgehead atoms. The number of hydrogen-bond acceptors (Lipinski definition) is 3. The maximum absolute atomic E-state index is 12.0. The zero-order valence-corrected chi connectivity index (χ0v) is 10.8. The third kappa shape index (κ3) is 3.48. The fourth-order valence-electron chi connectivity index (χ4n) is 2.01. The summed E-state index contributed by atoms with van der Waals surface area (Å²) in [6.45, 7) is 0.947. The minimum absolute atomic E-state index is 0.0262. The smallest absolute Gasteiger partial charge is 0.241 e. The summed E-state index contributed by atoms with van der Waals surface area (Å²) < 4.78 is 0. The Morgan fingerprint density at radius 1 is 1.47 bits per heavy atom. The van der Waals surface area contributed by atoms with Gasteiger partial charge in [-0.1, -0.05) is 12.5 Å². The third-order valence-corrected chi connectivity index (χ3v) is 3.69. The number of thioether (sulfide) groups is 1. The highest BCUT2D eigenvalue weighted by Gasteiger charge is 2.20. The SMILES string of the molecule is CSc1cccc(NC(=O)[C@H]2CCCCN2)c1. The number of anilines is 1. The number of benzene rings is 1. The first-order valence-corrected chi connectivity index (χ1v) is 7.20. The number of rotatable bonds is 3. The van der Waals surface area contributed by atoms with Crippen LogP contribution in [0.1, 0.15) is 19.3 Å². The zero-order chi connectivity index (χ0) is 12.1. The molecule has 1 heterocycles. The van der Waals surface area contributed by atoms with E-state index in [2.05, 4.69) is 10.6 Å². The normalized spacial score (nSPS) is 19.9. The topological polar surface area (TPSA) is 41.1 Å². The van der Waals surface area contributed by atoms with Crippen molar-refractivity contribution < 1.29 is 4.79 Å². The van der Waals surface area contributed by atoms with Crippen LogP contribution in [0.15, 0.2) is 29.2 Å². The minimum atomic E-state index is -0.0262. The molecule has 4 heteroatoms. The maximum atomic E-state index is 12.0. The molecule has 92 valence electrons. The first kappa shape index (κ1) is 12.5. The van der Waals surface area contributed by atoms with Crippen molar-refractivity contribution in [1.82, 2.24) is 5.32 Å². The van der Waals surface area contributed by atoms with Crippen LogP contribution >= 0.6 is 11.8 Å². The fraction of sp³-hybridized carbons (Fsp3) is 0.462. The van der Waals surface area contributed by atoms with E-state index < -0.39 is 0 Å². The summed E-state index contributed by atoms with van der Waals surface area (Å²) in [6.07, 6.45) is 5.28. The predicted molar refractivity (Wildman–Crippen MR) is 72.5 cm³/mol. The van der Waals surface area contributed by atoms with Crippen LogP contribution in [-0.2, 0) is 4.79 Å². The van der Waals surface area contributed by atoms with Gasteiger partial charge in [-0.3, -0.25) is 4.79 Å². The number of piperidine rings is 1. The van der Waals surface area contributed by atoms with Gasteiger partial charge in [0.15, 0.2) is 0 Å². The zero-order valence-electron chi connectivity index (χ0n) is 10.0. The Morgan fingerprint density at radius 2 is 2.35 bits per heavy atom. The van der Waals surface area contributed by atoms with Crippen LogP contribution in [0.25, 0.3) is 0 Å². The highest BCUT2D eigenvalue weighted by atomic mass is 32.2. The summed E-state index contributed by atoms with van der Waals surface area (Å²) >= 11 is 1.68. The van der Waals surface area contributed by atoms with Crippen molar-refractivity contribution in [3.63, 3.8) is 0 Å². The lowest BCUT2D eigenvalue weighted by Gasteiger charge is -2.22. The molecule has 0 unspecified atom stereocenters. The Bertz CT molecular complexity index is 389. The molecule has 1 atom stereocenters. The van der Waals surface area contributed by atoms with Gasteiger partial charge < -0.3 is 10.6 Å². The highest BCUT2D eigenvalue weighted by molar-refractivity contribution is 7.98. The molecule has 0 spiro atoms. The molecular weight excluding hydrogens is 232 g/mol. The van der Waals surface area contributed by atoms with Gasteiger partial charge in [0.25, 0.3) is 0 Å². The second-order valence-corrected chi connectivity index (χ2v) is 5.10. The van der Waals surface area contributed by atoms with E-state index in [1.807, 2.05) is 30.5 Å². The highest BCUT2D eigenvalue weighted by Crippen LogP contribution is 2.19. The Hall–Kier alpha value is -1.00. The molecule has 17 heavy (non-hydrogen) atoms. The molecule has 1 saturated heterocycles. The number of carbonyl (C=O) groups excluding carboxylic acids is 1. The van der Waals surface area contributed by atoms with Crippen LogP contribution in [0.3, 0.4) is 0 Å². The first-order chi connectivity index (χ1) is 8.29. The van der Waals surface area contributed by atoms with E-state index in [1.165, 1.54) is 11.3 Å². The number of carbonyl (C=O) groups is 1. The molecule has 1 aliphatic rings. The summed E-state index contributed by atoms with van der Waals surface area (Å²) in [5.41, 5.74) is 0.884. The molecular formula is C13H18N2OS. The van der Waals surface area contributed by atoms with Crippen LogP contribution in [0.4, 0.5) is 5.69 Å². The van der Waals surface area contributed by atoms with Crippen molar-refractivity contribution in [1.29, 1.82) is 0 Å². The molecule has 1 aromatic rings. The summed E-state index contributed by atoms with van der Waals surface area (Å²) in [6, 6.07) is 7.92. The van der Waals surface area contributed by atoms with E-state index in [1.54, 1.807) is 11.8 Å². The van der Waals surface area contributed by atoms with E-state index in [4.69, 9.17) is 0 Å². The van der Waals surface area contributed by atoms with Crippen molar-refractivity contribution in [2.24, 2.45) is 0 Å². The summed E-state index contributed by atoms with van der Waals surface area (Å²) in [5, 5.41) is 6.22. The van der Waals surface area contributed by atoms with E-state index in [0.717, 1.165) is 25.1 Å². The molecule has 1 aromatic carbocycles. The average Bonchev–Trinajstić information content (AvgIpc) is 2.40. The van der Waals surface area contributed by atoms with E-state index in [0.29, 0.717) is 0 Å². The second-order valence-electron chi connectivity index (χ2n) is 4.22. The minimum Gasteiger partial charge on any atom is -0.325 e. The van der Waals surface area contributed by atoms with Crippen molar-refractivity contribution in [2.45, 2.75) is 30.2 Å². The quantitative estimate of drug-likeness (QED) is 0.810. The molecule has 1 fully saturated rings. The Labute approximate surface area is 106 Å². The van der Waals surface area contributed by atoms with Crippen molar-refractivity contribution in [2.75, 3.05) is 18.1 Å². The monoisotopic (exact) mass is 250 g/mol. The van der Waals surface area contributed by atoms with Gasteiger partial charge in [0, 0.05) is 10.6 Å². The largest absolute Gasteiger partial charge is 0.325 e. The van der Waals surface area contributed by atoms with E-state index >= 15 is 0 Å². The number of amides is 1. The number of nitrogens with one attached hydrogen (secondary N) is 2. The van der Waals surface area contributed by atoms with Gasteiger partial charge in [0.1, 0.15) is 0 Å². The Morgan fingerprint density at radius 3 is 3.06 bits per heavy atom. The maximum Gasteiger partial charge on any atom is 0.241 e. The molecule has 1 aliphatic heterocycles. The Kier molecular flexibility index (Phi) is 4.45. The summed E-state index contributed by atoms with van der Waals surface area (Å²) in [7, 11) is 0. The predicted octanol–water partition coefficient (Wildman–Crippen LogP) is 2.49. The Balaban J connectivity index is 1.96. The van der Waals surface area contributed by atoms with Gasteiger partial charge in [-0.2, -0.15) is 0 Å². The average molecular weight is 250 g/mol. The number of hydrogen-bond donors (Lipinski definition) is 2. The van der Waals surface area contributed by atoms with Gasteiger partial charge in [-0.25, -0.2) is 0 Å². The van der Waals surface area contributed by atoms with Crippen LogP contribution in [0.5, 0.6) is 0 Å². The van der Waals surface area contributed by atoms with Gasteiger partial charge in [0.2, 0.25) is 5.91 Å². The first-order valence-electron chi connectivity index (χ1n) is 5.98. The molecule has 0 aromatic heterocycles. The van der Waals surface area contributed by atoms with Crippen molar-refractivity contribution in [3.05, 3.63) is 24.3 Å². The van der Waals surface area contributed by atoms with Crippen LogP contribution in [-0.4, -0.2) is 24.7 Å². The molecule has 0 radical (unpaired) electrons. The lowest BCUT2D eigenvalue weighted by Crippen LogP contribution is -2.43. The summed E-state index contributed by atoms with van der Waals surface area (Å²) in [5.74, 6) is 0.0861. The third-order valence-electron chi connectivity index (χ3n) is 2.96. The van der Waals surface area contributed by atoms with Gasteiger partial charge >= 0.3 is 0 Å². The lowest BCUT2D eigenvalue weighted by atomic mass is 10.0. The van der Waals surface area contributed by atoms with Crippen molar-refractivity contribution >= 4 is 23.4 Å². The lowest BCUT2D eigenvalue weighted by molar-refractivity contribution is -0.118. The standard InChI is InChI=1S/C13H18N2OS/c1-17-11-6-4-5-10(9-11)15-13(16)12-7-2-3-8-14-12/h4-6,9,12,14H,2-3,7-8H2,1H3,(H,15,16)/t12-/m1/s1. The van der Waals surface area contributed by atoms with Gasteiger partial charge in [0.05, 0.1) is 6.04 Å². The van der Waals surface area contributed by atoms with E-state index in [-0.39, 0.29) is 11.9 Å². The molecule has 1 amide bonds. The van der Waals surface area contributed by atoms with Crippen LogP contribution < -0.4 is 10.6 Å². The fourth-order valence-corrected chi connectivity index (χ4v) is 2.47. The molecule has 2 N–H and O–H groups in total. The van der Waals surface area contributed by atoms with Crippen molar-refractivity contribution in [3.8, 4) is 0 Å². The molecule has 0 saturated carbocycles. The van der Waals surface area contributed by atoms with Gasteiger partial charge in [-0.15, -0.1) is 11.8 Å². The van der Waals surface area contributed by atoms with E-state index in [9.17, 15) is 4.79 Å². The molecule has 3 nitrogen and oxygen atoms in total.